The van der Waals surface area contributed by atoms with Gasteiger partial charge in [-0.15, -0.1) is 0 Å². The Labute approximate surface area is 114 Å². The summed E-state index contributed by atoms with van der Waals surface area (Å²) in [4.78, 5) is 25.2. The van der Waals surface area contributed by atoms with Gasteiger partial charge in [0, 0.05) is 13.1 Å². The van der Waals surface area contributed by atoms with E-state index in [4.69, 9.17) is 5.73 Å². The SMILES string of the molecule is CCC(CC)CN(CC)C(=O)C(=O)NCC(N)=S. The second-order valence-corrected chi connectivity index (χ2v) is 4.70. The van der Waals surface area contributed by atoms with Crippen molar-refractivity contribution in [3.8, 4) is 0 Å². The number of hydrogen-bond donors (Lipinski definition) is 2. The van der Waals surface area contributed by atoms with Gasteiger partial charge < -0.3 is 16.0 Å². The Morgan fingerprint density at radius 1 is 1.28 bits per heavy atom. The van der Waals surface area contributed by atoms with Crippen molar-refractivity contribution >= 4 is 29.0 Å². The highest BCUT2D eigenvalue weighted by molar-refractivity contribution is 7.80. The van der Waals surface area contributed by atoms with Crippen molar-refractivity contribution in [2.24, 2.45) is 11.7 Å². The highest BCUT2D eigenvalue weighted by Gasteiger charge is 2.22. The van der Waals surface area contributed by atoms with Crippen LogP contribution in [0.5, 0.6) is 0 Å². The fourth-order valence-electron chi connectivity index (χ4n) is 1.60. The molecule has 0 saturated heterocycles. The number of carbonyl (C=O) groups excluding carboxylic acids is 2. The molecule has 3 N–H and O–H groups in total. The van der Waals surface area contributed by atoms with Gasteiger partial charge in [-0.1, -0.05) is 38.9 Å². The molecule has 0 spiro atoms. The molecule has 2 amide bonds. The van der Waals surface area contributed by atoms with Crippen LogP contribution in [-0.2, 0) is 9.59 Å². The Bertz CT molecular complexity index is 304. The monoisotopic (exact) mass is 273 g/mol. The molecule has 0 fully saturated rings. The number of amides is 2. The fraction of sp³-hybridized carbons (Fsp3) is 0.750. The molecule has 0 unspecified atom stereocenters. The minimum atomic E-state index is -0.643. The molecule has 18 heavy (non-hydrogen) atoms. The molecule has 0 saturated carbocycles. The molecule has 5 nitrogen and oxygen atoms in total. The topological polar surface area (TPSA) is 75.4 Å². The number of likely N-dealkylation sites (N-methyl/N-ethyl adjacent to an activating group) is 1. The van der Waals surface area contributed by atoms with Crippen LogP contribution in [0.15, 0.2) is 0 Å². The third kappa shape index (κ3) is 5.95. The molecule has 0 aromatic rings. The number of rotatable bonds is 7. The molecule has 0 heterocycles. The minimum absolute atomic E-state index is 0.0580. The molecule has 0 aliphatic carbocycles. The summed E-state index contributed by atoms with van der Waals surface area (Å²) in [6.07, 6.45) is 1.99. The molecule has 0 aliphatic rings. The predicted octanol–water partition coefficient (Wildman–Crippen LogP) is 0.673. The molecule has 0 rings (SSSR count). The Balaban J connectivity index is 4.41. The Morgan fingerprint density at radius 3 is 2.22 bits per heavy atom. The summed E-state index contributed by atoms with van der Waals surface area (Å²) < 4.78 is 0. The van der Waals surface area contributed by atoms with Gasteiger partial charge in [0.25, 0.3) is 0 Å². The Hall–Kier alpha value is -1.17. The lowest BCUT2D eigenvalue weighted by atomic mass is 10.0. The van der Waals surface area contributed by atoms with Crippen molar-refractivity contribution in [3.63, 3.8) is 0 Å². The zero-order valence-electron chi connectivity index (χ0n) is 11.4. The molecular weight excluding hydrogens is 250 g/mol. The average molecular weight is 273 g/mol. The van der Waals surface area contributed by atoms with Crippen molar-refractivity contribution < 1.29 is 9.59 Å². The maximum Gasteiger partial charge on any atom is 0.311 e. The van der Waals surface area contributed by atoms with E-state index in [0.29, 0.717) is 19.0 Å². The van der Waals surface area contributed by atoms with Crippen molar-refractivity contribution in [2.75, 3.05) is 19.6 Å². The summed E-state index contributed by atoms with van der Waals surface area (Å²) in [6, 6.07) is 0. The van der Waals surface area contributed by atoms with Crippen LogP contribution >= 0.6 is 12.2 Å². The van der Waals surface area contributed by atoms with Gasteiger partial charge in [0.1, 0.15) is 0 Å². The first kappa shape index (κ1) is 16.8. The van der Waals surface area contributed by atoms with Gasteiger partial charge in [0.2, 0.25) is 0 Å². The van der Waals surface area contributed by atoms with Crippen molar-refractivity contribution in [3.05, 3.63) is 0 Å². The van der Waals surface area contributed by atoms with Gasteiger partial charge in [-0.3, -0.25) is 9.59 Å². The standard InChI is InChI=1S/C12H23N3O2S/c1-4-9(5-2)8-15(6-3)12(17)11(16)14-7-10(13)18/h9H,4-8H2,1-3H3,(H2,13,18)(H,14,16). The lowest BCUT2D eigenvalue weighted by molar-refractivity contribution is -0.146. The normalized spacial score (nSPS) is 10.2. The van der Waals surface area contributed by atoms with Crippen LogP contribution in [0.2, 0.25) is 0 Å². The number of thiocarbonyl (C=S) groups is 1. The van der Waals surface area contributed by atoms with Crippen LogP contribution in [0.4, 0.5) is 0 Å². The molecule has 0 aliphatic heterocycles. The summed E-state index contributed by atoms with van der Waals surface area (Å²) in [5.41, 5.74) is 5.27. The zero-order chi connectivity index (χ0) is 14.1. The van der Waals surface area contributed by atoms with Crippen molar-refractivity contribution in [2.45, 2.75) is 33.6 Å². The molecule has 0 aromatic carbocycles. The van der Waals surface area contributed by atoms with Gasteiger partial charge in [0.05, 0.1) is 11.5 Å². The molecule has 0 radical (unpaired) electrons. The molecular formula is C12H23N3O2S. The van der Waals surface area contributed by atoms with E-state index in [9.17, 15) is 9.59 Å². The molecule has 6 heteroatoms. The second-order valence-electron chi connectivity index (χ2n) is 4.18. The van der Waals surface area contributed by atoms with Crippen LogP contribution in [0.3, 0.4) is 0 Å². The van der Waals surface area contributed by atoms with Crippen LogP contribution < -0.4 is 11.1 Å². The van der Waals surface area contributed by atoms with Crippen LogP contribution in [-0.4, -0.2) is 41.3 Å². The molecule has 0 aromatic heterocycles. The maximum atomic E-state index is 11.9. The second kappa shape index (κ2) is 8.85. The van der Waals surface area contributed by atoms with Gasteiger partial charge >= 0.3 is 11.8 Å². The largest absolute Gasteiger partial charge is 0.392 e. The van der Waals surface area contributed by atoms with E-state index in [1.54, 1.807) is 4.90 Å². The van der Waals surface area contributed by atoms with E-state index in [0.717, 1.165) is 12.8 Å². The average Bonchev–Trinajstić information content (AvgIpc) is 2.36. The lowest BCUT2D eigenvalue weighted by Gasteiger charge is -2.24. The van der Waals surface area contributed by atoms with Gasteiger partial charge in [-0.05, 0) is 12.8 Å². The van der Waals surface area contributed by atoms with E-state index in [1.807, 2.05) is 6.92 Å². The van der Waals surface area contributed by atoms with Crippen molar-refractivity contribution in [1.82, 2.24) is 10.2 Å². The smallest absolute Gasteiger partial charge is 0.311 e. The van der Waals surface area contributed by atoms with Crippen LogP contribution in [0, 0.1) is 5.92 Å². The van der Waals surface area contributed by atoms with E-state index in [-0.39, 0.29) is 11.5 Å². The van der Waals surface area contributed by atoms with Gasteiger partial charge in [-0.2, -0.15) is 0 Å². The van der Waals surface area contributed by atoms with Crippen molar-refractivity contribution in [1.29, 1.82) is 0 Å². The highest BCUT2D eigenvalue weighted by atomic mass is 32.1. The van der Waals surface area contributed by atoms with E-state index < -0.39 is 11.8 Å². The van der Waals surface area contributed by atoms with Crippen LogP contribution in [0.1, 0.15) is 33.6 Å². The zero-order valence-corrected chi connectivity index (χ0v) is 12.2. The number of nitrogens with one attached hydrogen (secondary N) is 1. The first-order valence-electron chi connectivity index (χ1n) is 6.31. The summed E-state index contributed by atoms with van der Waals surface area (Å²) in [5, 5.41) is 2.41. The van der Waals surface area contributed by atoms with E-state index in [1.165, 1.54) is 0 Å². The summed E-state index contributed by atoms with van der Waals surface area (Å²) in [7, 11) is 0. The van der Waals surface area contributed by atoms with E-state index in [2.05, 4.69) is 31.4 Å². The lowest BCUT2D eigenvalue weighted by Crippen LogP contribution is -2.46. The minimum Gasteiger partial charge on any atom is -0.392 e. The van der Waals surface area contributed by atoms with Crippen LogP contribution in [0.25, 0.3) is 0 Å². The summed E-state index contributed by atoms with van der Waals surface area (Å²) in [6.45, 7) is 7.22. The van der Waals surface area contributed by atoms with Gasteiger partial charge in [-0.25, -0.2) is 0 Å². The third-order valence-corrected chi connectivity index (χ3v) is 3.06. The maximum absolute atomic E-state index is 11.9. The first-order chi connectivity index (χ1) is 8.46. The number of nitrogens with two attached hydrogens (primary N) is 1. The number of carbonyl (C=O) groups is 2. The number of hydrogen-bond acceptors (Lipinski definition) is 3. The quantitative estimate of drug-likeness (QED) is 0.528. The number of nitrogens with zero attached hydrogens (tertiary/aromatic N) is 1. The Kier molecular flexibility index (Phi) is 8.28. The first-order valence-corrected chi connectivity index (χ1v) is 6.72. The summed E-state index contributed by atoms with van der Waals surface area (Å²) in [5.74, 6) is -0.728. The predicted molar refractivity (Wildman–Crippen MR) is 76.1 cm³/mol. The van der Waals surface area contributed by atoms with Gasteiger partial charge in [0.15, 0.2) is 0 Å². The molecule has 0 atom stereocenters. The highest BCUT2D eigenvalue weighted by Crippen LogP contribution is 2.09. The fourth-order valence-corrected chi connectivity index (χ4v) is 1.67. The van der Waals surface area contributed by atoms with E-state index >= 15 is 0 Å². The molecule has 0 bridgehead atoms. The Morgan fingerprint density at radius 2 is 1.83 bits per heavy atom. The third-order valence-electron chi connectivity index (χ3n) is 2.92. The molecule has 104 valence electrons. The summed E-state index contributed by atoms with van der Waals surface area (Å²) >= 11 is 4.64.